The van der Waals surface area contributed by atoms with Gasteiger partial charge in [0.05, 0.1) is 9.50 Å². The van der Waals surface area contributed by atoms with Crippen LogP contribution in [-0.4, -0.2) is 9.97 Å². The van der Waals surface area contributed by atoms with Gasteiger partial charge in [-0.1, -0.05) is 11.6 Å². The van der Waals surface area contributed by atoms with Crippen molar-refractivity contribution in [1.29, 1.82) is 0 Å². The minimum Gasteiger partial charge on any atom is -0.437 e. The fourth-order valence-corrected chi connectivity index (χ4v) is 1.95. The molecular weight excluding hydrogens is 324 g/mol. The van der Waals surface area contributed by atoms with Crippen molar-refractivity contribution in [3.63, 3.8) is 0 Å². The molecule has 0 aliphatic heterocycles. The number of halogens is 3. The third-order valence-corrected chi connectivity index (χ3v) is 3.03. The molecule has 4 nitrogen and oxygen atoms in total. The summed E-state index contributed by atoms with van der Waals surface area (Å²) >= 11 is 8.87. The first-order chi connectivity index (χ1) is 8.47. The van der Waals surface area contributed by atoms with Crippen LogP contribution in [0.1, 0.15) is 5.56 Å². The number of nitrogens with two attached hydrogens (primary N) is 1. The monoisotopic (exact) mass is 331 g/mol. The third kappa shape index (κ3) is 2.70. The van der Waals surface area contributed by atoms with Gasteiger partial charge in [0.1, 0.15) is 11.6 Å². The molecule has 1 aromatic carbocycles. The molecule has 2 aromatic rings. The zero-order chi connectivity index (χ0) is 13.3. The Morgan fingerprint density at radius 2 is 2.17 bits per heavy atom. The lowest BCUT2D eigenvalue weighted by Gasteiger charge is -2.09. The van der Waals surface area contributed by atoms with Crippen LogP contribution in [0.25, 0.3) is 0 Å². The number of anilines is 1. The molecule has 7 heteroatoms. The number of nitrogens with zero attached hydrogens (tertiary/aromatic N) is 2. The molecule has 0 aliphatic rings. The molecule has 0 amide bonds. The minimum atomic E-state index is -0.574. The predicted molar refractivity (Wildman–Crippen MR) is 70.4 cm³/mol. The molecule has 0 unspecified atom stereocenters. The molecule has 0 bridgehead atoms. The highest BCUT2D eigenvalue weighted by molar-refractivity contribution is 9.10. The van der Waals surface area contributed by atoms with Crippen LogP contribution in [0.4, 0.5) is 10.3 Å². The molecule has 0 fully saturated rings. The first-order valence-electron chi connectivity index (χ1n) is 4.89. The summed E-state index contributed by atoms with van der Waals surface area (Å²) in [6, 6.07) is 2.58. The highest BCUT2D eigenvalue weighted by Gasteiger charge is 2.11. The van der Waals surface area contributed by atoms with E-state index in [0.29, 0.717) is 10.0 Å². The minimum absolute atomic E-state index is 0.00754. The number of hydrogen-bond donors (Lipinski definition) is 1. The first kappa shape index (κ1) is 13.0. The Labute approximate surface area is 116 Å². The van der Waals surface area contributed by atoms with E-state index in [1.165, 1.54) is 18.3 Å². The molecule has 1 heterocycles. The number of rotatable bonds is 2. The zero-order valence-electron chi connectivity index (χ0n) is 9.25. The normalized spacial score (nSPS) is 10.4. The smallest absolute Gasteiger partial charge is 0.227 e. The van der Waals surface area contributed by atoms with E-state index in [1.807, 2.05) is 0 Å². The Hall–Kier alpha value is -1.40. The first-order valence-corrected chi connectivity index (χ1v) is 6.06. The van der Waals surface area contributed by atoms with Crippen molar-refractivity contribution in [2.45, 2.75) is 6.92 Å². The van der Waals surface area contributed by atoms with Crippen molar-refractivity contribution in [2.75, 3.05) is 5.73 Å². The Morgan fingerprint density at radius 1 is 1.44 bits per heavy atom. The molecule has 0 spiro atoms. The fraction of sp³-hybridized carbons (Fsp3) is 0.0909. The summed E-state index contributed by atoms with van der Waals surface area (Å²) in [5.74, 6) is 0.0405. The van der Waals surface area contributed by atoms with Crippen LogP contribution in [-0.2, 0) is 0 Å². The summed E-state index contributed by atoms with van der Waals surface area (Å²) in [7, 11) is 0. The van der Waals surface area contributed by atoms with Gasteiger partial charge in [0.15, 0.2) is 0 Å². The van der Waals surface area contributed by atoms with Crippen molar-refractivity contribution in [2.24, 2.45) is 0 Å². The summed E-state index contributed by atoms with van der Waals surface area (Å²) in [5.41, 5.74) is 6.15. The number of aromatic nitrogens is 2. The van der Waals surface area contributed by atoms with E-state index in [-0.39, 0.29) is 22.6 Å². The van der Waals surface area contributed by atoms with Gasteiger partial charge in [-0.3, -0.25) is 0 Å². The molecule has 0 atom stereocenters. The largest absolute Gasteiger partial charge is 0.437 e. The lowest BCUT2D eigenvalue weighted by atomic mass is 10.3. The lowest BCUT2D eigenvalue weighted by Crippen LogP contribution is -1.99. The summed E-state index contributed by atoms with van der Waals surface area (Å²) in [4.78, 5) is 7.74. The second-order valence-corrected chi connectivity index (χ2v) is 4.78. The highest BCUT2D eigenvalue weighted by Crippen LogP contribution is 2.34. The zero-order valence-corrected chi connectivity index (χ0v) is 11.6. The molecule has 94 valence electrons. The summed E-state index contributed by atoms with van der Waals surface area (Å²) in [5, 5.41) is 0.00754. The van der Waals surface area contributed by atoms with Gasteiger partial charge in [-0.05, 0) is 28.9 Å². The molecule has 0 radical (unpaired) electrons. The number of benzene rings is 1. The van der Waals surface area contributed by atoms with E-state index >= 15 is 0 Å². The van der Waals surface area contributed by atoms with Gasteiger partial charge in [0.25, 0.3) is 0 Å². The van der Waals surface area contributed by atoms with E-state index in [2.05, 4.69) is 25.9 Å². The molecule has 0 saturated heterocycles. The second-order valence-electron chi connectivity index (χ2n) is 3.52. The van der Waals surface area contributed by atoms with Crippen molar-refractivity contribution in [3.8, 4) is 11.6 Å². The van der Waals surface area contributed by atoms with Crippen LogP contribution in [0.3, 0.4) is 0 Å². The second kappa shape index (κ2) is 5.07. The molecular formula is C11H8BrClFN3O. The summed E-state index contributed by atoms with van der Waals surface area (Å²) in [6.07, 6.45) is 1.53. The van der Waals surface area contributed by atoms with Gasteiger partial charge < -0.3 is 10.5 Å². The standard InChI is InChI=1S/C11H8BrClFN3O/c1-5-4-16-11(15)17-10(5)18-9-3-8(14)7(13)2-6(9)12/h2-4H,1H3,(H2,15,16,17). The summed E-state index contributed by atoms with van der Waals surface area (Å²) in [6.45, 7) is 1.76. The van der Waals surface area contributed by atoms with Gasteiger partial charge in [-0.15, -0.1) is 0 Å². The predicted octanol–water partition coefficient (Wildman–Crippen LogP) is 3.71. The molecule has 0 saturated carbocycles. The van der Waals surface area contributed by atoms with Gasteiger partial charge >= 0.3 is 0 Å². The number of ether oxygens (including phenoxy) is 1. The average Bonchev–Trinajstić information content (AvgIpc) is 2.30. The van der Waals surface area contributed by atoms with Crippen molar-refractivity contribution in [3.05, 3.63) is 39.2 Å². The van der Waals surface area contributed by atoms with E-state index in [1.54, 1.807) is 6.92 Å². The van der Waals surface area contributed by atoms with E-state index in [4.69, 9.17) is 22.1 Å². The Bertz CT molecular complexity index is 609. The third-order valence-electron chi connectivity index (χ3n) is 2.13. The van der Waals surface area contributed by atoms with Gasteiger partial charge in [-0.25, -0.2) is 9.37 Å². The van der Waals surface area contributed by atoms with Crippen molar-refractivity contribution < 1.29 is 9.13 Å². The maximum absolute atomic E-state index is 13.4. The Morgan fingerprint density at radius 3 is 2.89 bits per heavy atom. The highest BCUT2D eigenvalue weighted by atomic mass is 79.9. The van der Waals surface area contributed by atoms with Crippen LogP contribution in [0, 0.1) is 12.7 Å². The van der Waals surface area contributed by atoms with Gasteiger partial charge in [0.2, 0.25) is 11.8 Å². The quantitative estimate of drug-likeness (QED) is 0.852. The molecule has 2 rings (SSSR count). The Balaban J connectivity index is 2.40. The maximum Gasteiger partial charge on any atom is 0.227 e. The maximum atomic E-state index is 13.4. The molecule has 2 N–H and O–H groups in total. The van der Waals surface area contributed by atoms with Gasteiger partial charge in [0, 0.05) is 17.8 Å². The van der Waals surface area contributed by atoms with Crippen LogP contribution < -0.4 is 10.5 Å². The topological polar surface area (TPSA) is 61.0 Å². The van der Waals surface area contributed by atoms with Gasteiger partial charge in [-0.2, -0.15) is 4.98 Å². The molecule has 0 aliphatic carbocycles. The summed E-state index contributed by atoms with van der Waals surface area (Å²) < 4.78 is 19.4. The van der Waals surface area contributed by atoms with Crippen LogP contribution in [0.5, 0.6) is 11.6 Å². The fourth-order valence-electron chi connectivity index (χ4n) is 1.23. The average molecular weight is 333 g/mol. The SMILES string of the molecule is Cc1cnc(N)nc1Oc1cc(F)c(Cl)cc1Br. The van der Waals surface area contributed by atoms with E-state index in [9.17, 15) is 4.39 Å². The van der Waals surface area contributed by atoms with Crippen LogP contribution >= 0.6 is 27.5 Å². The van der Waals surface area contributed by atoms with Crippen LogP contribution in [0.15, 0.2) is 22.8 Å². The number of hydrogen-bond acceptors (Lipinski definition) is 4. The Kier molecular flexibility index (Phi) is 3.68. The van der Waals surface area contributed by atoms with E-state index < -0.39 is 5.82 Å². The van der Waals surface area contributed by atoms with Crippen molar-refractivity contribution in [1.82, 2.24) is 9.97 Å². The van der Waals surface area contributed by atoms with Crippen molar-refractivity contribution >= 4 is 33.5 Å². The number of aryl methyl sites for hydroxylation is 1. The molecule has 1 aromatic heterocycles. The number of nitrogen functional groups attached to an aromatic ring is 1. The lowest BCUT2D eigenvalue weighted by molar-refractivity contribution is 0.451. The van der Waals surface area contributed by atoms with Crippen LogP contribution in [0.2, 0.25) is 5.02 Å². The van der Waals surface area contributed by atoms with E-state index in [0.717, 1.165) is 0 Å². The molecule has 18 heavy (non-hydrogen) atoms.